The molecule has 0 spiro atoms. The number of nitrogens with one attached hydrogen (secondary N) is 2. The van der Waals surface area contributed by atoms with Gasteiger partial charge in [-0.1, -0.05) is 30.3 Å². The maximum atomic E-state index is 10.1. The summed E-state index contributed by atoms with van der Waals surface area (Å²) in [5.74, 6) is 0. The minimum Gasteiger partial charge on any atom is -0.392 e. The van der Waals surface area contributed by atoms with E-state index in [0.717, 1.165) is 31.7 Å². The Kier molecular flexibility index (Phi) is 5.10. The highest BCUT2D eigenvalue weighted by atomic mass is 16.3. The van der Waals surface area contributed by atoms with E-state index in [1.54, 1.807) is 0 Å². The topological polar surface area (TPSA) is 64.2 Å². The predicted octanol–water partition coefficient (Wildman–Crippen LogP) is 2.00. The number of likely N-dealkylation sites (tertiary alicyclic amines) is 1. The van der Waals surface area contributed by atoms with Crippen LogP contribution in [-0.4, -0.2) is 45.4 Å². The summed E-state index contributed by atoms with van der Waals surface area (Å²) >= 11 is 0. The van der Waals surface area contributed by atoms with Gasteiger partial charge in [0.1, 0.15) is 0 Å². The first-order valence-corrected chi connectivity index (χ1v) is 8.32. The van der Waals surface area contributed by atoms with Gasteiger partial charge in [0.05, 0.1) is 12.3 Å². The molecule has 3 unspecified atom stereocenters. The average Bonchev–Trinajstić information content (AvgIpc) is 3.12. The number of nitrogens with zero attached hydrogens (tertiary/aromatic N) is 2. The fraction of sp³-hybridized carbons (Fsp3) is 0.500. The number of β-amino-alcohol motifs (C(OH)–C–C–N with tert-alkyl or cyclic N) is 1. The first-order chi connectivity index (χ1) is 11.1. The normalized spacial score (nSPS) is 23.3. The van der Waals surface area contributed by atoms with Crippen molar-refractivity contribution < 1.29 is 5.11 Å². The van der Waals surface area contributed by atoms with Gasteiger partial charge < -0.3 is 10.4 Å². The predicted molar refractivity (Wildman–Crippen MR) is 91.0 cm³/mol. The molecule has 3 atom stereocenters. The summed E-state index contributed by atoms with van der Waals surface area (Å²) in [4.78, 5) is 2.38. The SMILES string of the molecule is Cc1[nH]ncc1C(C)NCC1CC(O)CN1Cc1ccccc1. The lowest BCUT2D eigenvalue weighted by Crippen LogP contribution is -2.38. The fourth-order valence-electron chi connectivity index (χ4n) is 3.40. The molecule has 5 heteroatoms. The van der Waals surface area contributed by atoms with E-state index < -0.39 is 0 Å². The van der Waals surface area contributed by atoms with Crippen LogP contribution in [0.2, 0.25) is 0 Å². The van der Waals surface area contributed by atoms with Gasteiger partial charge >= 0.3 is 0 Å². The number of benzene rings is 1. The van der Waals surface area contributed by atoms with Crippen molar-refractivity contribution in [2.75, 3.05) is 13.1 Å². The van der Waals surface area contributed by atoms with Gasteiger partial charge in [-0.25, -0.2) is 0 Å². The lowest BCUT2D eigenvalue weighted by Gasteiger charge is -2.26. The maximum Gasteiger partial charge on any atom is 0.0682 e. The molecule has 2 aromatic rings. The third kappa shape index (κ3) is 3.99. The average molecular weight is 314 g/mol. The molecule has 2 heterocycles. The molecule has 1 aliphatic rings. The number of aromatic nitrogens is 2. The van der Waals surface area contributed by atoms with E-state index in [0.29, 0.717) is 6.04 Å². The van der Waals surface area contributed by atoms with Crippen LogP contribution in [0.15, 0.2) is 36.5 Å². The molecule has 0 aliphatic carbocycles. The van der Waals surface area contributed by atoms with Crippen LogP contribution in [0.1, 0.15) is 36.2 Å². The molecule has 1 aliphatic heterocycles. The van der Waals surface area contributed by atoms with E-state index in [-0.39, 0.29) is 12.1 Å². The standard InChI is InChI=1S/C18H26N4O/c1-13(18-10-20-21-14(18)2)19-9-16-8-17(23)12-22(16)11-15-6-4-3-5-7-15/h3-7,10,13,16-17,19,23H,8-9,11-12H2,1-2H3,(H,20,21). The molecule has 3 N–H and O–H groups in total. The van der Waals surface area contributed by atoms with E-state index in [1.807, 2.05) is 19.2 Å². The summed E-state index contributed by atoms with van der Waals surface area (Å²) in [6.45, 7) is 6.71. The van der Waals surface area contributed by atoms with E-state index >= 15 is 0 Å². The molecule has 1 fully saturated rings. The number of aliphatic hydroxyl groups is 1. The van der Waals surface area contributed by atoms with Gasteiger partial charge in [-0.15, -0.1) is 0 Å². The molecular formula is C18H26N4O. The van der Waals surface area contributed by atoms with Crippen LogP contribution in [0.25, 0.3) is 0 Å². The highest BCUT2D eigenvalue weighted by Crippen LogP contribution is 2.21. The van der Waals surface area contributed by atoms with Gasteiger partial charge in [0.2, 0.25) is 0 Å². The lowest BCUT2D eigenvalue weighted by atomic mass is 10.1. The molecule has 1 aromatic heterocycles. The Balaban J connectivity index is 1.58. The zero-order valence-electron chi connectivity index (χ0n) is 13.9. The second-order valence-electron chi connectivity index (χ2n) is 6.54. The minimum absolute atomic E-state index is 0.225. The number of aromatic amines is 1. The zero-order chi connectivity index (χ0) is 16.2. The molecule has 5 nitrogen and oxygen atoms in total. The van der Waals surface area contributed by atoms with Gasteiger partial charge in [0, 0.05) is 43.0 Å². The van der Waals surface area contributed by atoms with Crippen LogP contribution in [0.4, 0.5) is 0 Å². The van der Waals surface area contributed by atoms with Crippen molar-refractivity contribution in [2.24, 2.45) is 0 Å². The van der Waals surface area contributed by atoms with Crippen LogP contribution in [0.5, 0.6) is 0 Å². The quantitative estimate of drug-likeness (QED) is 0.763. The molecule has 0 bridgehead atoms. The van der Waals surface area contributed by atoms with Crippen LogP contribution in [0.3, 0.4) is 0 Å². The van der Waals surface area contributed by atoms with Crippen LogP contribution >= 0.6 is 0 Å². The Bertz CT molecular complexity index is 612. The van der Waals surface area contributed by atoms with Gasteiger partial charge in [0.15, 0.2) is 0 Å². The van der Waals surface area contributed by atoms with Gasteiger partial charge in [-0.2, -0.15) is 5.10 Å². The van der Waals surface area contributed by atoms with Gasteiger partial charge in [-0.3, -0.25) is 10.00 Å². The Hall–Kier alpha value is -1.69. The van der Waals surface area contributed by atoms with Crippen molar-refractivity contribution in [1.82, 2.24) is 20.4 Å². The number of H-pyrrole nitrogens is 1. The summed E-state index contributed by atoms with van der Waals surface area (Å²) in [7, 11) is 0. The molecule has 23 heavy (non-hydrogen) atoms. The first kappa shape index (κ1) is 16.2. The van der Waals surface area contributed by atoms with Crippen molar-refractivity contribution in [3.8, 4) is 0 Å². The van der Waals surface area contributed by atoms with Crippen molar-refractivity contribution in [2.45, 2.75) is 45.0 Å². The van der Waals surface area contributed by atoms with E-state index in [1.165, 1.54) is 11.1 Å². The summed E-state index contributed by atoms with van der Waals surface area (Å²) in [6.07, 6.45) is 2.49. The number of aryl methyl sites for hydroxylation is 1. The fourth-order valence-corrected chi connectivity index (χ4v) is 3.40. The number of aliphatic hydroxyl groups excluding tert-OH is 1. The van der Waals surface area contributed by atoms with Crippen molar-refractivity contribution in [3.63, 3.8) is 0 Å². The molecule has 1 saturated heterocycles. The Labute approximate surface area is 137 Å². The van der Waals surface area contributed by atoms with E-state index in [4.69, 9.17) is 0 Å². The monoisotopic (exact) mass is 314 g/mol. The molecule has 0 radical (unpaired) electrons. The van der Waals surface area contributed by atoms with Gasteiger partial charge in [-0.05, 0) is 25.8 Å². The largest absolute Gasteiger partial charge is 0.392 e. The highest BCUT2D eigenvalue weighted by molar-refractivity contribution is 5.18. The van der Waals surface area contributed by atoms with E-state index in [9.17, 15) is 5.11 Å². The number of hydrogen-bond acceptors (Lipinski definition) is 4. The summed E-state index contributed by atoms with van der Waals surface area (Å²) < 4.78 is 0. The zero-order valence-corrected chi connectivity index (χ0v) is 13.9. The molecule has 1 aromatic carbocycles. The Morgan fingerprint density at radius 2 is 2.17 bits per heavy atom. The summed E-state index contributed by atoms with van der Waals surface area (Å²) in [5, 5.41) is 20.7. The molecule has 0 saturated carbocycles. The minimum atomic E-state index is -0.225. The van der Waals surface area contributed by atoms with Gasteiger partial charge in [0.25, 0.3) is 0 Å². The lowest BCUT2D eigenvalue weighted by molar-refractivity contribution is 0.172. The third-order valence-corrected chi connectivity index (χ3v) is 4.73. The molecular weight excluding hydrogens is 288 g/mol. The van der Waals surface area contributed by atoms with E-state index in [2.05, 4.69) is 51.6 Å². The number of hydrogen-bond donors (Lipinski definition) is 3. The third-order valence-electron chi connectivity index (χ3n) is 4.73. The highest BCUT2D eigenvalue weighted by Gasteiger charge is 2.30. The second kappa shape index (κ2) is 7.25. The molecule has 124 valence electrons. The summed E-state index contributed by atoms with van der Waals surface area (Å²) in [6, 6.07) is 11.1. The van der Waals surface area contributed by atoms with Crippen molar-refractivity contribution in [1.29, 1.82) is 0 Å². The molecule has 0 amide bonds. The maximum absolute atomic E-state index is 10.1. The second-order valence-corrected chi connectivity index (χ2v) is 6.54. The first-order valence-electron chi connectivity index (χ1n) is 8.32. The Morgan fingerprint density at radius 3 is 2.87 bits per heavy atom. The van der Waals surface area contributed by atoms with Crippen LogP contribution < -0.4 is 5.32 Å². The van der Waals surface area contributed by atoms with Crippen molar-refractivity contribution >= 4 is 0 Å². The smallest absolute Gasteiger partial charge is 0.0682 e. The van der Waals surface area contributed by atoms with Crippen molar-refractivity contribution in [3.05, 3.63) is 53.3 Å². The van der Waals surface area contributed by atoms with Crippen LogP contribution in [-0.2, 0) is 6.54 Å². The number of rotatable bonds is 6. The summed E-state index contributed by atoms with van der Waals surface area (Å²) in [5.41, 5.74) is 3.61. The van der Waals surface area contributed by atoms with Crippen LogP contribution in [0, 0.1) is 6.92 Å². The Morgan fingerprint density at radius 1 is 1.39 bits per heavy atom. The molecule has 3 rings (SSSR count).